The monoisotopic (exact) mass is 905 g/mol. The number of piperidine rings is 1. The number of amides is 7. The minimum absolute atomic E-state index is 0.0336. The van der Waals surface area contributed by atoms with Crippen LogP contribution >= 0.6 is 0 Å². The van der Waals surface area contributed by atoms with Crippen LogP contribution in [0, 0.1) is 0 Å². The number of nitrogens with zero attached hydrogens (tertiary/aromatic N) is 4. The van der Waals surface area contributed by atoms with Gasteiger partial charge in [0.15, 0.2) is 0 Å². The van der Waals surface area contributed by atoms with Crippen LogP contribution in [-0.4, -0.2) is 95.5 Å². The quantitative estimate of drug-likeness (QED) is 0.0565. The summed E-state index contributed by atoms with van der Waals surface area (Å²) in [7, 11) is 0. The summed E-state index contributed by atoms with van der Waals surface area (Å²) in [5.74, 6) is -3.14. The molecule has 0 radical (unpaired) electrons. The summed E-state index contributed by atoms with van der Waals surface area (Å²) in [5, 5.41) is 7.51. The maximum atomic E-state index is 13.6. The number of aliphatic imine (C=N–C) groups is 2. The Morgan fingerprint density at radius 2 is 1.17 bits per heavy atom. The molecule has 7 N–H and O–H groups in total. The number of ether oxygens (including phenoxy) is 4. The molecular weight excluding hydrogens is 855 g/mol. The Morgan fingerprint density at radius 1 is 0.682 bits per heavy atom. The number of benzene rings is 4. The maximum Gasteiger partial charge on any atom is 0.437 e. The molecule has 0 bridgehead atoms. The molecule has 5 rings (SSSR count). The number of nitrogens with one attached hydrogen (secondary N) is 3. The lowest BCUT2D eigenvalue weighted by Crippen LogP contribution is -2.57. The number of rotatable bonds is 17. The fourth-order valence-corrected chi connectivity index (χ4v) is 6.31. The van der Waals surface area contributed by atoms with Crippen LogP contribution in [0.25, 0.3) is 0 Å². The second kappa shape index (κ2) is 25.7. The van der Waals surface area contributed by atoms with Crippen molar-refractivity contribution in [3.8, 4) is 0 Å². The molecule has 1 fully saturated rings. The lowest BCUT2D eigenvalue weighted by Gasteiger charge is -2.31. The predicted molar refractivity (Wildman–Crippen MR) is 239 cm³/mol. The summed E-state index contributed by atoms with van der Waals surface area (Å²) in [6.07, 6.45) is -3.54. The zero-order valence-electron chi connectivity index (χ0n) is 35.9. The Balaban J connectivity index is 1.20. The van der Waals surface area contributed by atoms with E-state index in [0.717, 1.165) is 15.4 Å². The first-order valence-electron chi connectivity index (χ1n) is 20.9. The van der Waals surface area contributed by atoms with Crippen molar-refractivity contribution in [1.82, 2.24) is 25.8 Å². The molecule has 0 saturated carbocycles. The largest absolute Gasteiger partial charge is 0.445 e. The highest BCUT2D eigenvalue weighted by Crippen LogP contribution is 2.13. The Morgan fingerprint density at radius 3 is 1.70 bits per heavy atom. The lowest BCUT2D eigenvalue weighted by molar-refractivity contribution is -0.135. The summed E-state index contributed by atoms with van der Waals surface area (Å²) in [6, 6.07) is 32.9. The number of nitrogens with two attached hydrogens (primary N) is 2. The van der Waals surface area contributed by atoms with Gasteiger partial charge < -0.3 is 46.4 Å². The topological polar surface area (TPSA) is 276 Å². The Hall–Kier alpha value is -8.29. The van der Waals surface area contributed by atoms with E-state index in [9.17, 15) is 33.6 Å². The standard InChI is InChI=1S/C46H51N9O11/c47-41(52-44(60)64-29-33-17-7-2-8-18-33)54-25-14-24-37(40(54)58)50-38(56)27-49-39(57)36(51-43(59)63-28-32-15-5-1-6-16-32)23-13-26-55(46(62)66-31-35-21-11-4-12-22-35)42(48)53-45(61)65-30-34-19-9-3-10-20-34/h1-12,15-22,36-37H,13-14,23-31H2,(H,49,57)(H,50,56)(H,51,59)(H2,47,52,60)(H2,48,53,61)/t36-,37+/m1/s1. The van der Waals surface area contributed by atoms with Crippen molar-refractivity contribution in [3.05, 3.63) is 144 Å². The van der Waals surface area contributed by atoms with Crippen molar-refractivity contribution in [2.45, 2.75) is 64.2 Å². The lowest BCUT2D eigenvalue weighted by atomic mass is 10.1. The summed E-state index contributed by atoms with van der Waals surface area (Å²) in [4.78, 5) is 101. The molecule has 1 saturated heterocycles. The number of guanidine groups is 2. The Labute approximate surface area is 380 Å². The highest BCUT2D eigenvalue weighted by Gasteiger charge is 2.33. The van der Waals surface area contributed by atoms with Crippen LogP contribution in [0.1, 0.15) is 47.9 Å². The summed E-state index contributed by atoms with van der Waals surface area (Å²) in [6.45, 7) is -1.15. The van der Waals surface area contributed by atoms with Crippen molar-refractivity contribution in [3.63, 3.8) is 0 Å². The van der Waals surface area contributed by atoms with Crippen LogP contribution < -0.4 is 27.4 Å². The molecular formula is C46H51N9O11. The van der Waals surface area contributed by atoms with Crippen LogP contribution in [0.3, 0.4) is 0 Å². The van der Waals surface area contributed by atoms with Gasteiger partial charge in [0.1, 0.15) is 38.5 Å². The third-order valence-electron chi connectivity index (χ3n) is 9.69. The molecule has 0 spiro atoms. The van der Waals surface area contributed by atoms with E-state index in [4.69, 9.17) is 30.4 Å². The van der Waals surface area contributed by atoms with Gasteiger partial charge in [-0.3, -0.25) is 19.3 Å². The van der Waals surface area contributed by atoms with E-state index in [-0.39, 0.29) is 58.8 Å². The van der Waals surface area contributed by atoms with Crippen molar-refractivity contribution in [2.24, 2.45) is 21.5 Å². The van der Waals surface area contributed by atoms with Gasteiger partial charge in [-0.2, -0.15) is 0 Å². The highest BCUT2D eigenvalue weighted by molar-refractivity contribution is 6.03. The maximum absolute atomic E-state index is 13.6. The molecule has 2 atom stereocenters. The third-order valence-corrected chi connectivity index (χ3v) is 9.69. The number of hydrogen-bond acceptors (Lipinski definition) is 11. The number of carbonyl (C=O) groups excluding carboxylic acids is 7. The van der Waals surface area contributed by atoms with Gasteiger partial charge >= 0.3 is 24.4 Å². The minimum Gasteiger partial charge on any atom is -0.445 e. The number of carbonyl (C=O) groups is 7. The molecule has 20 heteroatoms. The number of likely N-dealkylation sites (tertiary alicyclic amines) is 1. The first-order chi connectivity index (χ1) is 31.9. The fraction of sp³-hybridized carbons (Fsp3) is 0.283. The molecule has 1 heterocycles. The van der Waals surface area contributed by atoms with Gasteiger partial charge in [-0.25, -0.2) is 24.1 Å². The van der Waals surface area contributed by atoms with Gasteiger partial charge in [0.25, 0.3) is 5.91 Å². The molecule has 4 aromatic carbocycles. The van der Waals surface area contributed by atoms with Gasteiger partial charge in [0, 0.05) is 13.1 Å². The molecule has 4 aromatic rings. The molecule has 0 aliphatic carbocycles. The molecule has 0 aromatic heterocycles. The van der Waals surface area contributed by atoms with Gasteiger partial charge in [-0.05, 0) is 47.9 Å². The zero-order valence-corrected chi connectivity index (χ0v) is 35.9. The molecule has 1 aliphatic heterocycles. The van der Waals surface area contributed by atoms with E-state index in [0.29, 0.717) is 23.1 Å². The number of hydrogen-bond donors (Lipinski definition) is 5. The number of alkyl carbamates (subject to hydrolysis) is 1. The van der Waals surface area contributed by atoms with Gasteiger partial charge in [-0.1, -0.05) is 121 Å². The molecule has 0 unspecified atom stereocenters. The van der Waals surface area contributed by atoms with Gasteiger partial charge in [-0.15, -0.1) is 9.98 Å². The third kappa shape index (κ3) is 16.4. The van der Waals surface area contributed by atoms with E-state index in [1.54, 1.807) is 115 Å². The van der Waals surface area contributed by atoms with Crippen LogP contribution in [0.4, 0.5) is 19.2 Å². The van der Waals surface area contributed by atoms with Crippen LogP contribution in [0.15, 0.2) is 131 Å². The Kier molecular flexibility index (Phi) is 19.0. The SMILES string of the molecule is NC(=NC(=O)OCc1ccccc1)N(CCC[C@@H](NC(=O)OCc1ccccc1)C(=O)NCC(=O)N[C@H]1CCCN(C(N)=NC(=O)OCc2ccccc2)C1=O)C(=O)OCc1ccccc1. The first kappa shape index (κ1) is 48.7. The predicted octanol–water partition coefficient (Wildman–Crippen LogP) is 4.23. The van der Waals surface area contributed by atoms with Crippen molar-refractivity contribution >= 4 is 54.0 Å². The van der Waals surface area contributed by atoms with Crippen molar-refractivity contribution in [1.29, 1.82) is 0 Å². The van der Waals surface area contributed by atoms with Crippen LogP contribution in [0.5, 0.6) is 0 Å². The Bertz CT molecular complexity index is 2320. The normalized spacial score (nSPS) is 14.2. The average Bonchev–Trinajstić information content (AvgIpc) is 3.33. The van der Waals surface area contributed by atoms with Crippen molar-refractivity contribution in [2.75, 3.05) is 19.6 Å². The highest BCUT2D eigenvalue weighted by atomic mass is 16.6. The second-order valence-electron chi connectivity index (χ2n) is 14.6. The van der Waals surface area contributed by atoms with Gasteiger partial charge in [0.2, 0.25) is 23.7 Å². The minimum atomic E-state index is -1.33. The van der Waals surface area contributed by atoms with E-state index >= 15 is 0 Å². The molecule has 1 aliphatic rings. The molecule has 20 nitrogen and oxygen atoms in total. The van der Waals surface area contributed by atoms with E-state index in [1.165, 1.54) is 0 Å². The summed E-state index contributed by atoms with van der Waals surface area (Å²) >= 11 is 0. The van der Waals surface area contributed by atoms with Crippen LogP contribution in [0.2, 0.25) is 0 Å². The fourth-order valence-electron chi connectivity index (χ4n) is 6.31. The first-order valence-corrected chi connectivity index (χ1v) is 20.9. The van der Waals surface area contributed by atoms with Gasteiger partial charge in [0.05, 0.1) is 6.54 Å². The van der Waals surface area contributed by atoms with E-state index in [1.807, 2.05) is 6.07 Å². The molecule has 66 heavy (non-hydrogen) atoms. The van der Waals surface area contributed by atoms with Crippen LogP contribution in [-0.2, 0) is 59.8 Å². The average molecular weight is 906 g/mol. The summed E-state index contributed by atoms with van der Waals surface area (Å²) < 4.78 is 21.1. The molecule has 7 amide bonds. The van der Waals surface area contributed by atoms with Crippen molar-refractivity contribution < 1.29 is 52.5 Å². The smallest absolute Gasteiger partial charge is 0.437 e. The van der Waals surface area contributed by atoms with E-state index in [2.05, 4.69) is 25.9 Å². The zero-order chi connectivity index (χ0) is 47.1. The summed E-state index contributed by atoms with van der Waals surface area (Å²) in [5.41, 5.74) is 14.9. The second-order valence-corrected chi connectivity index (χ2v) is 14.6. The molecule has 346 valence electrons. The van der Waals surface area contributed by atoms with E-state index < -0.39 is 72.6 Å².